The summed E-state index contributed by atoms with van der Waals surface area (Å²) in [6.45, 7) is 10.2. The van der Waals surface area contributed by atoms with E-state index in [4.69, 9.17) is 29.9 Å². The van der Waals surface area contributed by atoms with Crippen molar-refractivity contribution < 1.29 is 24.1 Å². The van der Waals surface area contributed by atoms with Gasteiger partial charge in [-0.3, -0.25) is 0 Å². The Morgan fingerprint density at radius 3 is 2.32 bits per heavy atom. The summed E-state index contributed by atoms with van der Waals surface area (Å²) in [6, 6.07) is 5.87. The molecule has 1 aromatic carbocycles. The number of aromatic amines is 1. The summed E-state index contributed by atoms with van der Waals surface area (Å²) in [6.07, 6.45) is 3.97. The van der Waals surface area contributed by atoms with Gasteiger partial charge in [0.25, 0.3) is 5.65 Å². The Bertz CT molecular complexity index is 1080. The molecule has 0 spiro atoms. The first-order valence-corrected chi connectivity index (χ1v) is 11.8. The first kappa shape index (κ1) is 25.3. The van der Waals surface area contributed by atoms with Crippen LogP contribution in [0.1, 0.15) is 33.6 Å². The second-order valence-electron chi connectivity index (χ2n) is 8.40. The third-order valence-corrected chi connectivity index (χ3v) is 6.12. The van der Waals surface area contributed by atoms with Gasteiger partial charge in [-0.05, 0) is 45.7 Å². The van der Waals surface area contributed by atoms with Gasteiger partial charge < -0.3 is 30.2 Å². The number of nitrogens with two attached hydrogens (primary N) is 1. The van der Waals surface area contributed by atoms with Crippen molar-refractivity contribution >= 4 is 22.7 Å². The molecule has 0 amide bonds. The first-order chi connectivity index (χ1) is 16.4. The van der Waals surface area contributed by atoms with Crippen LogP contribution in [0.5, 0.6) is 17.2 Å². The number of nitrogens with one attached hydrogen (secondary N) is 3. The zero-order valence-electron chi connectivity index (χ0n) is 21.1. The Morgan fingerprint density at radius 1 is 1.06 bits per heavy atom. The van der Waals surface area contributed by atoms with E-state index in [1.165, 1.54) is 6.54 Å². The number of hydrogen-bond acceptors (Lipinski definition) is 7. The van der Waals surface area contributed by atoms with Gasteiger partial charge in [-0.1, -0.05) is 4.98 Å². The molecule has 1 atom stereocenters. The molecule has 0 fully saturated rings. The monoisotopic (exact) mass is 470 g/mol. The summed E-state index contributed by atoms with van der Waals surface area (Å²) in [5.41, 5.74) is 9.85. The normalized spacial score (nSPS) is 12.1. The molecule has 0 aliphatic carbocycles. The highest BCUT2D eigenvalue weighted by atomic mass is 16.5. The molecule has 3 rings (SSSR count). The SMILES string of the molecule is CC[NH+](CC)CCC[C@@H](C)Nc1cc(N)[nH+]c2nc(-c3cc(OC)c(OC)c(OC)c3)cnc12. The molecule has 2 heterocycles. The summed E-state index contributed by atoms with van der Waals surface area (Å²) in [5, 5.41) is 3.58. The van der Waals surface area contributed by atoms with E-state index in [9.17, 15) is 0 Å². The van der Waals surface area contributed by atoms with Crippen molar-refractivity contribution in [1.82, 2.24) is 9.97 Å². The van der Waals surface area contributed by atoms with Crippen LogP contribution in [-0.2, 0) is 0 Å². The van der Waals surface area contributed by atoms with Crippen LogP contribution in [0, 0.1) is 0 Å². The number of methoxy groups -OCH3 is 3. The third-order valence-electron chi connectivity index (χ3n) is 6.12. The summed E-state index contributed by atoms with van der Waals surface area (Å²) in [4.78, 5) is 14.3. The molecule has 5 N–H and O–H groups in total. The minimum Gasteiger partial charge on any atom is -0.493 e. The van der Waals surface area contributed by atoms with Crippen molar-refractivity contribution in [2.75, 3.05) is 52.0 Å². The van der Waals surface area contributed by atoms with Crippen LogP contribution < -0.4 is 35.1 Å². The van der Waals surface area contributed by atoms with Crippen LogP contribution in [0.2, 0.25) is 0 Å². The first-order valence-electron chi connectivity index (χ1n) is 11.8. The maximum Gasteiger partial charge on any atom is 0.289 e. The molecule has 184 valence electrons. The van der Waals surface area contributed by atoms with Gasteiger partial charge in [-0.15, -0.1) is 0 Å². The fourth-order valence-electron chi connectivity index (χ4n) is 4.15. The van der Waals surface area contributed by atoms with Crippen LogP contribution in [0.3, 0.4) is 0 Å². The van der Waals surface area contributed by atoms with Gasteiger partial charge in [0, 0.05) is 17.7 Å². The van der Waals surface area contributed by atoms with Crippen molar-refractivity contribution in [2.45, 2.75) is 39.7 Å². The summed E-state index contributed by atoms with van der Waals surface area (Å²) in [5.74, 6) is 2.16. The Morgan fingerprint density at radius 2 is 1.74 bits per heavy atom. The number of hydrogen-bond donors (Lipinski definition) is 3. The summed E-state index contributed by atoms with van der Waals surface area (Å²) in [7, 11) is 4.75. The van der Waals surface area contributed by atoms with E-state index in [1.807, 2.05) is 18.2 Å². The zero-order valence-corrected chi connectivity index (χ0v) is 21.1. The number of pyridine rings is 1. The lowest BCUT2D eigenvalue weighted by atomic mass is 10.1. The lowest BCUT2D eigenvalue weighted by molar-refractivity contribution is -0.896. The molecule has 9 heteroatoms. The van der Waals surface area contributed by atoms with Gasteiger partial charge in [0.05, 0.1) is 52.8 Å². The van der Waals surface area contributed by atoms with Crippen molar-refractivity contribution in [3.63, 3.8) is 0 Å². The number of anilines is 2. The molecule has 2 aromatic heterocycles. The van der Waals surface area contributed by atoms with Crippen LogP contribution in [0.25, 0.3) is 22.4 Å². The Balaban J connectivity index is 1.87. The lowest BCUT2D eigenvalue weighted by Gasteiger charge is -2.18. The summed E-state index contributed by atoms with van der Waals surface area (Å²) < 4.78 is 16.4. The Kier molecular flexibility index (Phi) is 8.70. The smallest absolute Gasteiger partial charge is 0.289 e. The van der Waals surface area contributed by atoms with Crippen LogP contribution in [0.4, 0.5) is 11.5 Å². The van der Waals surface area contributed by atoms with Crippen molar-refractivity contribution in [3.05, 3.63) is 24.4 Å². The summed E-state index contributed by atoms with van der Waals surface area (Å²) >= 11 is 0. The van der Waals surface area contributed by atoms with Crippen molar-refractivity contribution in [3.8, 4) is 28.5 Å². The van der Waals surface area contributed by atoms with Gasteiger partial charge in [0.2, 0.25) is 11.6 Å². The molecular weight excluding hydrogens is 432 g/mol. The lowest BCUT2D eigenvalue weighted by Crippen LogP contribution is -3.11. The highest BCUT2D eigenvalue weighted by Gasteiger charge is 2.19. The van der Waals surface area contributed by atoms with Crippen molar-refractivity contribution in [1.29, 1.82) is 0 Å². The number of aromatic nitrogens is 3. The molecule has 34 heavy (non-hydrogen) atoms. The predicted octanol–water partition coefficient (Wildman–Crippen LogP) is 2.22. The average molecular weight is 471 g/mol. The minimum atomic E-state index is 0.288. The van der Waals surface area contributed by atoms with E-state index >= 15 is 0 Å². The zero-order chi connectivity index (χ0) is 24.7. The molecule has 0 unspecified atom stereocenters. The molecule has 0 aliphatic heterocycles. The van der Waals surface area contributed by atoms with E-state index in [1.54, 1.807) is 32.4 Å². The Hall–Kier alpha value is -3.33. The number of quaternary nitrogens is 1. The molecule has 0 aliphatic rings. The maximum absolute atomic E-state index is 6.17. The topological polar surface area (TPSA) is 110 Å². The van der Waals surface area contributed by atoms with Crippen molar-refractivity contribution in [2.24, 2.45) is 0 Å². The number of H-pyrrole nitrogens is 1. The quantitative estimate of drug-likeness (QED) is 0.372. The van der Waals surface area contributed by atoms with E-state index in [0.29, 0.717) is 34.4 Å². The highest BCUT2D eigenvalue weighted by molar-refractivity contribution is 5.85. The molecule has 0 saturated heterocycles. The van der Waals surface area contributed by atoms with Crippen LogP contribution in [-0.4, -0.2) is 57.0 Å². The van der Waals surface area contributed by atoms with E-state index in [0.717, 1.165) is 42.7 Å². The number of fused-ring (bicyclic) bond motifs is 1. The molecule has 0 bridgehead atoms. The second-order valence-corrected chi connectivity index (χ2v) is 8.40. The molecule has 0 saturated carbocycles. The van der Waals surface area contributed by atoms with Gasteiger partial charge >= 0.3 is 0 Å². The average Bonchev–Trinajstić information content (AvgIpc) is 2.85. The van der Waals surface area contributed by atoms with Gasteiger partial charge in [-0.2, -0.15) is 0 Å². The fourth-order valence-corrected chi connectivity index (χ4v) is 4.15. The second kappa shape index (κ2) is 11.7. The predicted molar refractivity (Wildman–Crippen MR) is 135 cm³/mol. The van der Waals surface area contributed by atoms with Gasteiger partial charge in [0.15, 0.2) is 22.7 Å². The van der Waals surface area contributed by atoms with E-state index in [2.05, 4.69) is 31.1 Å². The van der Waals surface area contributed by atoms with Gasteiger partial charge in [0.1, 0.15) is 0 Å². The van der Waals surface area contributed by atoms with Crippen LogP contribution >= 0.6 is 0 Å². The fraction of sp³-hybridized carbons (Fsp3) is 0.480. The maximum atomic E-state index is 6.17. The molecule has 0 radical (unpaired) electrons. The molecule has 9 nitrogen and oxygen atoms in total. The minimum absolute atomic E-state index is 0.288. The highest BCUT2D eigenvalue weighted by Crippen LogP contribution is 2.40. The number of nitrogen functional groups attached to an aromatic ring is 1. The molecular formula is C25H38N6O3+2. The van der Waals surface area contributed by atoms with Crippen LogP contribution in [0.15, 0.2) is 24.4 Å². The standard InChI is InChI=1S/C25H36N6O3/c1-7-31(8-2)11-9-10-16(3)28-18-14-22(26)30-25-23(18)27-15-19(29-25)17-12-20(32-4)24(34-6)21(13-17)33-5/h12-16H,7-11H2,1-6H3,(H3,26,28,29,30)/p+2/t16-/m1/s1. The number of nitrogens with zero attached hydrogens (tertiary/aromatic N) is 2. The largest absolute Gasteiger partial charge is 0.493 e. The number of ether oxygens (including phenoxy) is 3. The number of benzene rings is 1. The third kappa shape index (κ3) is 5.77. The van der Waals surface area contributed by atoms with E-state index < -0.39 is 0 Å². The van der Waals surface area contributed by atoms with Gasteiger partial charge in [-0.25, -0.2) is 9.97 Å². The van der Waals surface area contributed by atoms with E-state index in [-0.39, 0.29) is 6.04 Å². The Labute approximate surface area is 201 Å². The number of rotatable bonds is 12. The molecule has 3 aromatic rings.